The molecular formula is C77H83N3O6. The van der Waals surface area contributed by atoms with Gasteiger partial charge in [-0.2, -0.15) is 0 Å². The summed E-state index contributed by atoms with van der Waals surface area (Å²) in [5.41, 5.74) is 6.32. The summed E-state index contributed by atoms with van der Waals surface area (Å²) < 4.78 is 16.5. The number of hydrogen-bond acceptors (Lipinski definition) is 9. The Morgan fingerprint density at radius 1 is 0.395 bits per heavy atom. The first-order chi connectivity index (χ1) is 42.1. The number of ether oxygens (including phenoxy) is 3. The van der Waals surface area contributed by atoms with Gasteiger partial charge in [-0.15, -0.1) is 0 Å². The average molecular weight is 1150 g/mol. The fraction of sp³-hybridized carbons (Fsp3) is 0.416. The maximum absolute atomic E-state index is 15.2. The van der Waals surface area contributed by atoms with Gasteiger partial charge in [0.05, 0.1) is 21.3 Å². The van der Waals surface area contributed by atoms with Gasteiger partial charge in [0.1, 0.15) is 17.2 Å². The molecule has 0 unspecified atom stereocenters. The summed E-state index contributed by atoms with van der Waals surface area (Å²) in [6.07, 6.45) is 13.6. The Morgan fingerprint density at radius 2 is 0.802 bits per heavy atom. The van der Waals surface area contributed by atoms with Gasteiger partial charge in [0.2, 0.25) is 0 Å². The molecule has 0 bridgehead atoms. The van der Waals surface area contributed by atoms with Gasteiger partial charge in [0.25, 0.3) is 0 Å². The lowest BCUT2D eigenvalue weighted by Gasteiger charge is -2.49. The van der Waals surface area contributed by atoms with E-state index >= 15 is 4.79 Å². The number of rotatable bonds is 18. The number of benzene rings is 8. The van der Waals surface area contributed by atoms with Crippen molar-refractivity contribution >= 4 is 49.7 Å². The predicted molar refractivity (Wildman–Crippen MR) is 345 cm³/mol. The number of likely N-dealkylation sites (tertiary alicyclic amines) is 3. The molecule has 6 atom stereocenters. The lowest BCUT2D eigenvalue weighted by Crippen LogP contribution is -2.52. The van der Waals surface area contributed by atoms with Crippen molar-refractivity contribution in [1.82, 2.24) is 14.7 Å². The van der Waals surface area contributed by atoms with Crippen LogP contribution in [-0.4, -0.2) is 111 Å². The number of carbonyl (C=O) groups is 3. The monoisotopic (exact) mass is 1150 g/mol. The van der Waals surface area contributed by atoms with Crippen LogP contribution in [0.3, 0.4) is 0 Å². The molecule has 442 valence electrons. The molecule has 8 aromatic carbocycles. The molecule has 3 saturated heterocycles. The van der Waals surface area contributed by atoms with E-state index in [1.807, 2.05) is 54.6 Å². The smallest absolute Gasteiger partial charge is 0.167 e. The first-order valence-corrected chi connectivity index (χ1v) is 32.4. The molecule has 3 aliphatic heterocycles. The van der Waals surface area contributed by atoms with E-state index in [1.165, 1.54) is 36.0 Å². The maximum atomic E-state index is 15.2. The maximum Gasteiger partial charge on any atom is 0.167 e. The first kappa shape index (κ1) is 56.6. The van der Waals surface area contributed by atoms with Crippen LogP contribution in [0.15, 0.2) is 164 Å². The highest BCUT2D eigenvalue weighted by Gasteiger charge is 2.45. The molecule has 0 aromatic heterocycles. The van der Waals surface area contributed by atoms with Crippen molar-refractivity contribution in [2.45, 2.75) is 113 Å². The molecule has 6 fully saturated rings. The van der Waals surface area contributed by atoms with Crippen LogP contribution in [0.4, 0.5) is 0 Å². The van der Waals surface area contributed by atoms with E-state index < -0.39 is 0 Å². The topological polar surface area (TPSA) is 88.6 Å². The van der Waals surface area contributed by atoms with Crippen molar-refractivity contribution in [2.24, 2.45) is 29.6 Å². The zero-order chi connectivity index (χ0) is 58.4. The minimum absolute atomic E-state index is 0.0208. The van der Waals surface area contributed by atoms with Crippen LogP contribution >= 0.6 is 0 Å². The molecular weight excluding hydrogens is 1060 g/mol. The molecule has 6 aliphatic rings. The average Bonchev–Trinajstić information content (AvgIpc) is 2.92. The minimum atomic E-state index is -0.158. The number of Topliss-reactive ketones (excluding diaryl/α,β-unsaturated/α-hetero) is 3. The van der Waals surface area contributed by atoms with E-state index in [2.05, 4.69) is 124 Å². The van der Waals surface area contributed by atoms with Crippen LogP contribution in [0.25, 0.3) is 32.3 Å². The number of methoxy groups -OCH3 is 3. The van der Waals surface area contributed by atoms with Crippen LogP contribution < -0.4 is 14.2 Å². The Morgan fingerprint density at radius 3 is 1.28 bits per heavy atom. The molecule has 0 N–H and O–H groups in total. The van der Waals surface area contributed by atoms with E-state index in [-0.39, 0.29) is 41.2 Å². The SMILES string of the molecule is COc1ccc2cc(C(=O)[C@H]3CN(C4CC(CC[C@@H]5CCN(C6CCC6)C[C@H]5C(=O)c5ccc6cc(OC)ccc6c5)C4)CC[C@H]3c3ccc(C4CC(N5CC[C@H](c6ccccc6)[C@H](C(=O)c6ccc7cc(OC)ccc7c6)C5)C4)cc3)ccc2c1. The van der Waals surface area contributed by atoms with Gasteiger partial charge >= 0.3 is 0 Å². The number of carbonyl (C=O) groups excluding carboxylic acids is 3. The highest BCUT2D eigenvalue weighted by Crippen LogP contribution is 2.47. The molecule has 3 aliphatic carbocycles. The van der Waals surface area contributed by atoms with Crippen molar-refractivity contribution in [2.75, 3.05) is 60.6 Å². The van der Waals surface area contributed by atoms with E-state index in [9.17, 15) is 9.59 Å². The number of ketones is 3. The standard InChI is InChI=1S/C77H83N3O6/c1-84-67-27-24-54-38-60(21-18-57(54)43-67)75(81)72-46-78(64-10-7-11-64)33-30-53(72)13-12-49-36-65(37-49)79-34-32-71(74(47-79)77(83)62-23-20-59-45-69(86-3)29-26-56(59)40-62)52-16-14-50(15-17-52)63-41-66(42-63)80-35-31-70(51-8-5-4-6-9-51)73(48-80)76(82)61-22-19-58-44-68(85-2)28-25-55(58)39-61/h4-6,8-9,14-29,38-40,43-45,49,53,63-66,70-74H,7,10-13,30-37,41-42,46-48H2,1-3H3/t49?,53-,63?,65?,66?,70-,71+,72-,73-,74+/m1/s1. The summed E-state index contributed by atoms with van der Waals surface area (Å²) >= 11 is 0. The zero-order valence-corrected chi connectivity index (χ0v) is 50.5. The summed E-state index contributed by atoms with van der Waals surface area (Å²) in [7, 11) is 5.08. The van der Waals surface area contributed by atoms with Crippen LogP contribution in [-0.2, 0) is 0 Å². The molecule has 14 rings (SSSR count). The summed E-state index contributed by atoms with van der Waals surface area (Å²) in [6, 6.07) is 58.5. The van der Waals surface area contributed by atoms with Crippen molar-refractivity contribution < 1.29 is 28.6 Å². The van der Waals surface area contributed by atoms with E-state index in [1.54, 1.807) is 21.3 Å². The molecule has 9 heteroatoms. The van der Waals surface area contributed by atoms with Crippen molar-refractivity contribution in [3.05, 3.63) is 197 Å². The zero-order valence-electron chi connectivity index (χ0n) is 50.5. The third-order valence-corrected chi connectivity index (χ3v) is 22.0. The molecule has 3 saturated carbocycles. The summed E-state index contributed by atoms with van der Waals surface area (Å²) in [4.78, 5) is 52.4. The van der Waals surface area contributed by atoms with Crippen LogP contribution in [0.5, 0.6) is 17.2 Å². The second-order valence-electron chi connectivity index (χ2n) is 26.6. The molecule has 3 heterocycles. The predicted octanol–water partition coefficient (Wildman–Crippen LogP) is 15.6. The van der Waals surface area contributed by atoms with Gasteiger partial charge in [-0.25, -0.2) is 0 Å². The van der Waals surface area contributed by atoms with Gasteiger partial charge in [-0.1, -0.05) is 122 Å². The Labute approximate surface area is 508 Å². The van der Waals surface area contributed by atoms with Gasteiger partial charge < -0.3 is 14.2 Å². The van der Waals surface area contributed by atoms with Crippen molar-refractivity contribution in [3.8, 4) is 17.2 Å². The van der Waals surface area contributed by atoms with Gasteiger partial charge in [0.15, 0.2) is 17.3 Å². The molecule has 8 aromatic rings. The number of piperidine rings is 3. The third kappa shape index (κ3) is 11.4. The van der Waals surface area contributed by atoms with Crippen molar-refractivity contribution in [1.29, 1.82) is 0 Å². The minimum Gasteiger partial charge on any atom is -0.497 e. The van der Waals surface area contributed by atoms with Gasteiger partial charge in [-0.05, 0) is 217 Å². The number of hydrogen-bond donors (Lipinski definition) is 0. The second-order valence-corrected chi connectivity index (χ2v) is 26.6. The lowest BCUT2D eigenvalue weighted by molar-refractivity contribution is 0.0199. The summed E-state index contributed by atoms with van der Waals surface area (Å²) in [5.74, 6) is 4.80. The molecule has 9 nitrogen and oxygen atoms in total. The fourth-order valence-electron chi connectivity index (χ4n) is 16.4. The quantitative estimate of drug-likeness (QED) is 0.0780. The molecule has 0 radical (unpaired) electrons. The van der Waals surface area contributed by atoms with Gasteiger partial charge in [-0.3, -0.25) is 29.1 Å². The highest BCUT2D eigenvalue weighted by atomic mass is 16.5. The summed E-state index contributed by atoms with van der Waals surface area (Å²) in [6.45, 7) is 5.50. The normalized spacial score (nSPS) is 26.5. The molecule has 0 spiro atoms. The Hall–Kier alpha value is -7.17. The second kappa shape index (κ2) is 24.5. The highest BCUT2D eigenvalue weighted by molar-refractivity contribution is 6.04. The molecule has 86 heavy (non-hydrogen) atoms. The largest absolute Gasteiger partial charge is 0.497 e. The Kier molecular flexibility index (Phi) is 16.2. The first-order valence-electron chi connectivity index (χ1n) is 32.4. The van der Waals surface area contributed by atoms with Gasteiger partial charge in [0, 0.05) is 72.2 Å². The van der Waals surface area contributed by atoms with E-state index in [4.69, 9.17) is 14.2 Å². The number of nitrogens with zero attached hydrogens (tertiary/aromatic N) is 3. The fourth-order valence-corrected chi connectivity index (χ4v) is 16.4. The lowest BCUT2D eigenvalue weighted by atomic mass is 9.70. The van der Waals surface area contributed by atoms with Crippen LogP contribution in [0.1, 0.15) is 143 Å². The Balaban J connectivity index is 0.636. The van der Waals surface area contributed by atoms with E-state index in [0.717, 1.165) is 163 Å². The number of fused-ring (bicyclic) bond motifs is 3. The molecule has 0 amide bonds. The van der Waals surface area contributed by atoms with Crippen LogP contribution in [0.2, 0.25) is 0 Å². The van der Waals surface area contributed by atoms with Crippen LogP contribution in [0, 0.1) is 29.6 Å². The van der Waals surface area contributed by atoms with E-state index in [0.29, 0.717) is 41.7 Å². The summed E-state index contributed by atoms with van der Waals surface area (Å²) in [5, 5.41) is 6.42. The van der Waals surface area contributed by atoms with Crippen molar-refractivity contribution in [3.63, 3.8) is 0 Å². The third-order valence-electron chi connectivity index (χ3n) is 22.0. The Bertz CT molecular complexity index is 3770.